The van der Waals surface area contributed by atoms with Gasteiger partial charge in [0.2, 0.25) is 5.91 Å². The minimum Gasteiger partial charge on any atom is -0.370 e. The smallest absolute Gasteiger partial charge is 0.252 e. The highest BCUT2D eigenvalue weighted by atomic mass is 16.5. The number of aromatic nitrogens is 3. The summed E-state index contributed by atoms with van der Waals surface area (Å²) in [7, 11) is 1.84. The van der Waals surface area contributed by atoms with Crippen LogP contribution >= 0.6 is 0 Å². The van der Waals surface area contributed by atoms with E-state index in [-0.39, 0.29) is 24.5 Å². The predicted octanol–water partition coefficient (Wildman–Crippen LogP) is 0.750. The molecule has 2 aromatic heterocycles. The highest BCUT2D eigenvalue weighted by Crippen LogP contribution is 2.19. The first kappa shape index (κ1) is 20.5. The molecule has 0 unspecified atom stereocenters. The number of ether oxygens (including phenoxy) is 2. The van der Waals surface area contributed by atoms with E-state index < -0.39 is 6.10 Å². The van der Waals surface area contributed by atoms with Crippen LogP contribution in [-0.2, 0) is 39.3 Å². The molecule has 4 heterocycles. The lowest BCUT2D eigenvalue weighted by molar-refractivity contribution is -0.145. The molecule has 0 bridgehead atoms. The third-order valence-corrected chi connectivity index (χ3v) is 5.41. The molecule has 4 rings (SSSR count). The summed E-state index contributed by atoms with van der Waals surface area (Å²) in [6.45, 7) is 2.22. The Labute approximate surface area is 175 Å². The highest BCUT2D eigenvalue weighted by molar-refractivity contribution is 5.87. The minimum atomic E-state index is -0.455. The number of carbonyl (C=O) groups excluding carboxylic acids is 2. The van der Waals surface area contributed by atoms with Crippen molar-refractivity contribution in [2.75, 3.05) is 26.2 Å². The minimum absolute atomic E-state index is 0.0358. The Morgan fingerprint density at radius 1 is 1.27 bits per heavy atom. The van der Waals surface area contributed by atoms with Crippen molar-refractivity contribution in [3.8, 4) is 0 Å². The molecule has 0 aliphatic carbocycles. The number of aryl methyl sites for hydroxylation is 1. The molecule has 0 aromatic carbocycles. The van der Waals surface area contributed by atoms with Crippen LogP contribution < -0.4 is 0 Å². The molecular formula is C21H27N5O4. The number of rotatable bonds is 6. The quantitative estimate of drug-likeness (QED) is 0.694. The molecule has 9 heteroatoms. The SMILES string of the molecule is Cn1cc(CN2C[C@@H](OCc3ccncc3)CN(C(=O)[C@H]3CCCO3)CC2=O)cn1. The van der Waals surface area contributed by atoms with E-state index >= 15 is 0 Å². The number of hydrogen-bond donors (Lipinski definition) is 0. The lowest BCUT2D eigenvalue weighted by atomic mass is 10.2. The van der Waals surface area contributed by atoms with Crippen molar-refractivity contribution in [2.24, 2.45) is 7.05 Å². The monoisotopic (exact) mass is 413 g/mol. The Balaban J connectivity index is 1.48. The van der Waals surface area contributed by atoms with Crippen molar-refractivity contribution in [3.05, 3.63) is 48.0 Å². The lowest BCUT2D eigenvalue weighted by Gasteiger charge is -2.26. The number of amides is 2. The molecule has 30 heavy (non-hydrogen) atoms. The van der Waals surface area contributed by atoms with E-state index in [1.807, 2.05) is 25.4 Å². The fourth-order valence-corrected chi connectivity index (χ4v) is 3.85. The van der Waals surface area contributed by atoms with Gasteiger partial charge in [0.05, 0.1) is 25.5 Å². The molecule has 9 nitrogen and oxygen atoms in total. The predicted molar refractivity (Wildman–Crippen MR) is 107 cm³/mol. The molecule has 0 N–H and O–H groups in total. The maximum absolute atomic E-state index is 13.0. The summed E-state index contributed by atoms with van der Waals surface area (Å²) < 4.78 is 13.4. The first-order valence-electron chi connectivity index (χ1n) is 10.2. The number of carbonyl (C=O) groups is 2. The second-order valence-electron chi connectivity index (χ2n) is 7.81. The van der Waals surface area contributed by atoms with E-state index in [0.29, 0.717) is 39.3 Å². The van der Waals surface area contributed by atoms with Crippen molar-refractivity contribution < 1.29 is 19.1 Å². The first-order valence-corrected chi connectivity index (χ1v) is 10.2. The zero-order chi connectivity index (χ0) is 20.9. The normalized spacial score (nSPS) is 22.4. The summed E-state index contributed by atoms with van der Waals surface area (Å²) in [5.74, 6) is -0.221. The van der Waals surface area contributed by atoms with Gasteiger partial charge in [0.1, 0.15) is 6.10 Å². The molecule has 0 radical (unpaired) electrons. The Kier molecular flexibility index (Phi) is 6.39. The van der Waals surface area contributed by atoms with Crippen LogP contribution in [0.5, 0.6) is 0 Å². The zero-order valence-electron chi connectivity index (χ0n) is 17.1. The van der Waals surface area contributed by atoms with Gasteiger partial charge >= 0.3 is 0 Å². The van der Waals surface area contributed by atoms with Crippen LogP contribution in [0, 0.1) is 0 Å². The van der Waals surface area contributed by atoms with E-state index in [1.165, 1.54) is 0 Å². The number of nitrogens with zero attached hydrogens (tertiary/aromatic N) is 5. The van der Waals surface area contributed by atoms with Crippen LogP contribution in [0.3, 0.4) is 0 Å². The second-order valence-corrected chi connectivity index (χ2v) is 7.81. The molecule has 2 aliphatic heterocycles. The van der Waals surface area contributed by atoms with E-state index in [0.717, 1.165) is 17.5 Å². The summed E-state index contributed by atoms with van der Waals surface area (Å²) in [5, 5.41) is 4.18. The Hall–Kier alpha value is -2.78. The standard InChI is InChI=1S/C21H27N5O4/c1-24-10-17(9-23-24)11-25-12-18(30-15-16-4-6-22-7-5-16)13-26(14-20(25)27)21(28)19-3-2-8-29-19/h4-7,9-10,18-19H,2-3,8,11-15H2,1H3/t18-,19-/m1/s1. The molecule has 2 fully saturated rings. The summed E-state index contributed by atoms with van der Waals surface area (Å²) in [6, 6.07) is 3.79. The van der Waals surface area contributed by atoms with Gasteiger partial charge in [-0.05, 0) is 30.5 Å². The van der Waals surface area contributed by atoms with Gasteiger partial charge < -0.3 is 19.3 Å². The van der Waals surface area contributed by atoms with E-state index in [2.05, 4.69) is 10.1 Å². The molecule has 2 aliphatic rings. The van der Waals surface area contributed by atoms with Gasteiger partial charge in [-0.15, -0.1) is 0 Å². The van der Waals surface area contributed by atoms with Crippen molar-refractivity contribution in [1.29, 1.82) is 0 Å². The molecule has 0 saturated carbocycles. The lowest BCUT2D eigenvalue weighted by Crippen LogP contribution is -2.44. The highest BCUT2D eigenvalue weighted by Gasteiger charge is 2.35. The van der Waals surface area contributed by atoms with Gasteiger partial charge in [0, 0.05) is 57.4 Å². The van der Waals surface area contributed by atoms with Crippen LogP contribution in [-0.4, -0.2) is 74.8 Å². The van der Waals surface area contributed by atoms with Crippen molar-refractivity contribution >= 4 is 11.8 Å². The van der Waals surface area contributed by atoms with E-state index in [9.17, 15) is 9.59 Å². The van der Waals surface area contributed by atoms with E-state index in [1.54, 1.807) is 33.1 Å². The third-order valence-electron chi connectivity index (χ3n) is 5.41. The molecule has 2 aromatic rings. The summed E-state index contributed by atoms with van der Waals surface area (Å²) in [6.07, 6.45) is 7.89. The van der Waals surface area contributed by atoms with E-state index in [4.69, 9.17) is 9.47 Å². The average Bonchev–Trinajstić information content (AvgIpc) is 3.40. The molecule has 2 amide bonds. The maximum Gasteiger partial charge on any atom is 0.252 e. The number of pyridine rings is 1. The Morgan fingerprint density at radius 3 is 2.80 bits per heavy atom. The summed E-state index contributed by atoms with van der Waals surface area (Å²) in [4.78, 5) is 33.3. The van der Waals surface area contributed by atoms with Crippen molar-refractivity contribution in [1.82, 2.24) is 24.6 Å². The fraction of sp³-hybridized carbons (Fsp3) is 0.524. The molecule has 0 spiro atoms. The topological polar surface area (TPSA) is 89.8 Å². The largest absolute Gasteiger partial charge is 0.370 e. The van der Waals surface area contributed by atoms with Crippen LogP contribution in [0.25, 0.3) is 0 Å². The van der Waals surface area contributed by atoms with Gasteiger partial charge in [-0.2, -0.15) is 5.10 Å². The summed E-state index contributed by atoms with van der Waals surface area (Å²) >= 11 is 0. The number of hydrogen-bond acceptors (Lipinski definition) is 6. The van der Waals surface area contributed by atoms with Crippen LogP contribution in [0.1, 0.15) is 24.0 Å². The van der Waals surface area contributed by atoms with Crippen LogP contribution in [0.4, 0.5) is 0 Å². The van der Waals surface area contributed by atoms with Crippen molar-refractivity contribution in [2.45, 2.75) is 38.2 Å². The van der Waals surface area contributed by atoms with Crippen LogP contribution in [0.15, 0.2) is 36.9 Å². The zero-order valence-corrected chi connectivity index (χ0v) is 17.1. The van der Waals surface area contributed by atoms with Gasteiger partial charge in [-0.25, -0.2) is 0 Å². The van der Waals surface area contributed by atoms with Gasteiger partial charge in [-0.1, -0.05) is 0 Å². The average molecular weight is 413 g/mol. The van der Waals surface area contributed by atoms with Gasteiger partial charge in [0.25, 0.3) is 5.91 Å². The second kappa shape index (κ2) is 9.36. The fourth-order valence-electron chi connectivity index (χ4n) is 3.85. The first-order chi connectivity index (χ1) is 14.6. The molecule has 2 saturated heterocycles. The molecular weight excluding hydrogens is 386 g/mol. The Morgan fingerprint density at radius 2 is 2.10 bits per heavy atom. The van der Waals surface area contributed by atoms with Crippen molar-refractivity contribution in [3.63, 3.8) is 0 Å². The maximum atomic E-state index is 13.0. The molecule has 2 atom stereocenters. The van der Waals surface area contributed by atoms with Crippen LogP contribution in [0.2, 0.25) is 0 Å². The summed E-state index contributed by atoms with van der Waals surface area (Å²) in [5.41, 5.74) is 1.94. The van der Waals surface area contributed by atoms with Gasteiger partial charge in [0.15, 0.2) is 0 Å². The third kappa shape index (κ3) is 5.03. The molecule has 160 valence electrons. The Bertz CT molecular complexity index is 865. The van der Waals surface area contributed by atoms with Gasteiger partial charge in [-0.3, -0.25) is 19.3 Å².